The molecular formula is C25H27F3N2O3S. The Bertz CT molecular complexity index is 1170. The Labute approximate surface area is 201 Å². The molecule has 0 aliphatic carbocycles. The number of aromatic nitrogens is 1. The lowest BCUT2D eigenvalue weighted by molar-refractivity contribution is -0.140. The average molecular weight is 493 g/mol. The van der Waals surface area contributed by atoms with E-state index in [4.69, 9.17) is 9.47 Å². The highest BCUT2D eigenvalue weighted by Gasteiger charge is 2.35. The van der Waals surface area contributed by atoms with Gasteiger partial charge in [-0.1, -0.05) is 24.3 Å². The monoisotopic (exact) mass is 492 g/mol. The maximum Gasteiger partial charge on any atom is 0.406 e. The van der Waals surface area contributed by atoms with Gasteiger partial charge in [-0.2, -0.15) is 13.2 Å². The average Bonchev–Trinajstić information content (AvgIpc) is 3.18. The minimum atomic E-state index is -4.54. The van der Waals surface area contributed by atoms with Crippen LogP contribution in [0.2, 0.25) is 0 Å². The normalized spacial score (nSPS) is 11.4. The van der Waals surface area contributed by atoms with Crippen LogP contribution in [0.4, 0.5) is 13.2 Å². The van der Waals surface area contributed by atoms with Gasteiger partial charge >= 0.3 is 6.18 Å². The SMILES string of the molecule is COc1ccc(CCN(CC(F)(F)F)C(=O)c2nc(C)sc2-c2ccc(C)c(C)c2)cc1OC. The molecule has 3 aromatic rings. The molecule has 0 fully saturated rings. The van der Waals surface area contributed by atoms with E-state index in [-0.39, 0.29) is 18.7 Å². The van der Waals surface area contributed by atoms with Crippen LogP contribution in [0.15, 0.2) is 36.4 Å². The van der Waals surface area contributed by atoms with Gasteiger partial charge in [0.1, 0.15) is 12.2 Å². The first-order valence-electron chi connectivity index (χ1n) is 10.6. The van der Waals surface area contributed by atoms with Gasteiger partial charge in [0.2, 0.25) is 0 Å². The first-order valence-corrected chi connectivity index (χ1v) is 11.5. The number of benzene rings is 2. The van der Waals surface area contributed by atoms with E-state index in [0.717, 1.165) is 27.2 Å². The second-order valence-electron chi connectivity index (χ2n) is 7.99. The highest BCUT2D eigenvalue weighted by Crippen LogP contribution is 2.33. The van der Waals surface area contributed by atoms with Crippen molar-refractivity contribution in [1.29, 1.82) is 0 Å². The number of ether oxygens (including phenoxy) is 2. The third-order valence-electron chi connectivity index (χ3n) is 5.48. The van der Waals surface area contributed by atoms with Gasteiger partial charge in [-0.3, -0.25) is 4.79 Å². The molecule has 0 N–H and O–H groups in total. The number of hydrogen-bond donors (Lipinski definition) is 0. The number of alkyl halides is 3. The largest absolute Gasteiger partial charge is 0.493 e. The Balaban J connectivity index is 1.91. The molecule has 0 atom stereocenters. The zero-order valence-electron chi connectivity index (χ0n) is 19.7. The second-order valence-corrected chi connectivity index (χ2v) is 9.19. The van der Waals surface area contributed by atoms with Crippen molar-refractivity contribution in [2.45, 2.75) is 33.4 Å². The Kier molecular flexibility index (Phi) is 7.86. The second kappa shape index (κ2) is 10.5. The highest BCUT2D eigenvalue weighted by molar-refractivity contribution is 7.15. The first kappa shape index (κ1) is 25.6. The lowest BCUT2D eigenvalue weighted by atomic mass is 10.0. The van der Waals surface area contributed by atoms with Gasteiger partial charge in [0, 0.05) is 6.54 Å². The van der Waals surface area contributed by atoms with Gasteiger partial charge in [-0.05, 0) is 61.6 Å². The predicted octanol–water partition coefficient (Wildman–Crippen LogP) is 6.00. The van der Waals surface area contributed by atoms with Crippen LogP contribution in [-0.2, 0) is 6.42 Å². The fourth-order valence-corrected chi connectivity index (χ4v) is 4.48. The van der Waals surface area contributed by atoms with Crippen LogP contribution >= 0.6 is 11.3 Å². The van der Waals surface area contributed by atoms with E-state index in [2.05, 4.69) is 4.98 Å². The van der Waals surface area contributed by atoms with E-state index in [9.17, 15) is 18.0 Å². The third kappa shape index (κ3) is 6.08. The number of nitrogens with zero attached hydrogens (tertiary/aromatic N) is 2. The molecule has 0 unspecified atom stereocenters. The molecule has 1 amide bonds. The summed E-state index contributed by atoms with van der Waals surface area (Å²) in [6.07, 6.45) is -4.33. The molecule has 0 bridgehead atoms. The molecule has 3 rings (SSSR count). The van der Waals surface area contributed by atoms with E-state index >= 15 is 0 Å². The number of rotatable bonds is 8. The topological polar surface area (TPSA) is 51.7 Å². The number of methoxy groups -OCH3 is 2. The lowest BCUT2D eigenvalue weighted by Crippen LogP contribution is -2.40. The number of thiazole rings is 1. The fourth-order valence-electron chi connectivity index (χ4n) is 3.57. The number of hydrogen-bond acceptors (Lipinski definition) is 5. The smallest absolute Gasteiger partial charge is 0.406 e. The summed E-state index contributed by atoms with van der Waals surface area (Å²) in [7, 11) is 2.99. The first-order chi connectivity index (χ1) is 16.0. The van der Waals surface area contributed by atoms with Gasteiger partial charge < -0.3 is 14.4 Å². The molecule has 0 radical (unpaired) electrons. The summed E-state index contributed by atoms with van der Waals surface area (Å²) in [5, 5.41) is 0.614. The van der Waals surface area contributed by atoms with Gasteiger partial charge in [0.15, 0.2) is 11.5 Å². The van der Waals surface area contributed by atoms with Crippen LogP contribution in [0.5, 0.6) is 11.5 Å². The van der Waals surface area contributed by atoms with Gasteiger partial charge in [-0.25, -0.2) is 4.98 Å². The molecule has 1 aromatic heterocycles. The molecule has 0 saturated carbocycles. The predicted molar refractivity (Wildman–Crippen MR) is 127 cm³/mol. The summed E-state index contributed by atoms with van der Waals surface area (Å²) in [6.45, 7) is 4.18. The molecule has 0 spiro atoms. The van der Waals surface area contributed by atoms with E-state index in [1.807, 2.05) is 32.0 Å². The maximum absolute atomic E-state index is 13.4. The van der Waals surface area contributed by atoms with Gasteiger partial charge in [-0.15, -0.1) is 11.3 Å². The zero-order chi connectivity index (χ0) is 25.0. The number of aryl methyl sites for hydroxylation is 3. The van der Waals surface area contributed by atoms with Crippen molar-refractivity contribution in [3.8, 4) is 21.9 Å². The van der Waals surface area contributed by atoms with Gasteiger partial charge in [0.25, 0.3) is 5.91 Å². The summed E-state index contributed by atoms with van der Waals surface area (Å²) in [4.78, 5) is 19.1. The summed E-state index contributed by atoms with van der Waals surface area (Å²) in [5.74, 6) is 0.252. The highest BCUT2D eigenvalue weighted by atomic mass is 32.1. The van der Waals surface area contributed by atoms with Crippen LogP contribution in [-0.4, -0.2) is 49.3 Å². The van der Waals surface area contributed by atoms with E-state index in [1.54, 1.807) is 25.1 Å². The molecule has 0 saturated heterocycles. The third-order valence-corrected chi connectivity index (χ3v) is 6.50. The Morgan fingerprint density at radius 2 is 1.71 bits per heavy atom. The molecule has 0 aliphatic rings. The van der Waals surface area contributed by atoms with Crippen molar-refractivity contribution in [1.82, 2.24) is 9.88 Å². The van der Waals surface area contributed by atoms with E-state index in [0.29, 0.717) is 21.4 Å². The fraction of sp³-hybridized carbons (Fsp3) is 0.360. The van der Waals surface area contributed by atoms with Crippen molar-refractivity contribution < 1.29 is 27.4 Å². The number of carbonyl (C=O) groups is 1. The standard InChI is InChI=1S/C25H27F3N2O3S/c1-15-6-8-19(12-16(15)2)23-22(29-17(3)34-23)24(31)30(14-25(26,27)28)11-10-18-7-9-20(32-4)21(13-18)33-5/h6-9,12-13H,10-11,14H2,1-5H3. The minimum Gasteiger partial charge on any atom is -0.493 e. The maximum atomic E-state index is 13.4. The van der Waals surface area contributed by atoms with E-state index in [1.165, 1.54) is 25.6 Å². The lowest BCUT2D eigenvalue weighted by Gasteiger charge is -2.24. The quantitative estimate of drug-likeness (QED) is 0.387. The van der Waals surface area contributed by atoms with Crippen molar-refractivity contribution >= 4 is 17.2 Å². The van der Waals surface area contributed by atoms with Crippen LogP contribution in [0.1, 0.15) is 32.2 Å². The van der Waals surface area contributed by atoms with Crippen molar-refractivity contribution in [2.75, 3.05) is 27.3 Å². The molecule has 5 nitrogen and oxygen atoms in total. The summed E-state index contributed by atoms with van der Waals surface area (Å²) in [5.41, 5.74) is 3.65. The van der Waals surface area contributed by atoms with Crippen molar-refractivity contribution in [2.24, 2.45) is 0 Å². The van der Waals surface area contributed by atoms with E-state index < -0.39 is 18.6 Å². The van der Waals surface area contributed by atoms with Crippen molar-refractivity contribution in [3.05, 3.63) is 63.8 Å². The van der Waals surface area contributed by atoms with Crippen molar-refractivity contribution in [3.63, 3.8) is 0 Å². The zero-order valence-corrected chi connectivity index (χ0v) is 20.6. The molecule has 182 valence electrons. The molecule has 34 heavy (non-hydrogen) atoms. The summed E-state index contributed by atoms with van der Waals surface area (Å²) < 4.78 is 50.7. The molecular weight excluding hydrogens is 465 g/mol. The Morgan fingerprint density at radius 1 is 1.00 bits per heavy atom. The number of amides is 1. The van der Waals surface area contributed by atoms with Crippen LogP contribution in [0, 0.1) is 20.8 Å². The minimum absolute atomic E-state index is 0.0438. The molecule has 1 heterocycles. The van der Waals surface area contributed by atoms with Gasteiger partial charge in [0.05, 0.1) is 24.1 Å². The summed E-state index contributed by atoms with van der Waals surface area (Å²) in [6, 6.07) is 10.8. The molecule has 2 aromatic carbocycles. The molecule has 0 aliphatic heterocycles. The Morgan fingerprint density at radius 3 is 2.32 bits per heavy atom. The van der Waals surface area contributed by atoms with Crippen LogP contribution < -0.4 is 9.47 Å². The van der Waals surface area contributed by atoms with Crippen LogP contribution in [0.25, 0.3) is 10.4 Å². The molecule has 9 heteroatoms. The summed E-state index contributed by atoms with van der Waals surface area (Å²) >= 11 is 1.30. The number of carbonyl (C=O) groups excluding carboxylic acids is 1. The Hall–Kier alpha value is -3.07. The number of halogens is 3. The van der Waals surface area contributed by atoms with Crippen LogP contribution in [0.3, 0.4) is 0 Å².